The number of nitrogens with one attached hydrogen (secondary N) is 1. The molecule has 1 aromatic carbocycles. The Morgan fingerprint density at radius 2 is 2.07 bits per heavy atom. The number of ether oxygens (including phenoxy) is 3. The van der Waals surface area contributed by atoms with Crippen molar-refractivity contribution in [3.05, 3.63) is 35.9 Å². The lowest BCUT2D eigenvalue weighted by molar-refractivity contribution is -0.142. The Kier molecular flexibility index (Phi) is 6.57. The number of rotatable bonds is 6. The maximum absolute atomic E-state index is 12.3. The highest BCUT2D eigenvalue weighted by atomic mass is 32.2. The molecule has 1 amide bonds. The average molecular weight is 394 g/mol. The number of benzene rings is 1. The Morgan fingerprint density at radius 3 is 2.81 bits per heavy atom. The first kappa shape index (κ1) is 19.5. The molecule has 0 unspecified atom stereocenters. The van der Waals surface area contributed by atoms with Gasteiger partial charge in [-0.05, 0) is 18.4 Å². The number of carbonyl (C=O) groups excluding carboxylic acids is 3. The van der Waals surface area contributed by atoms with Gasteiger partial charge in [-0.25, -0.2) is 9.59 Å². The highest BCUT2D eigenvalue weighted by molar-refractivity contribution is 8.00. The third kappa shape index (κ3) is 4.92. The summed E-state index contributed by atoms with van der Waals surface area (Å²) in [6.45, 7) is 0.0328. The van der Waals surface area contributed by atoms with Crippen LogP contribution in [0.2, 0.25) is 0 Å². The van der Waals surface area contributed by atoms with Crippen LogP contribution >= 0.6 is 11.8 Å². The van der Waals surface area contributed by atoms with Crippen LogP contribution in [0.5, 0.6) is 0 Å². The van der Waals surface area contributed by atoms with Crippen molar-refractivity contribution in [3.63, 3.8) is 0 Å². The highest BCUT2D eigenvalue weighted by Crippen LogP contribution is 2.26. The van der Waals surface area contributed by atoms with Crippen molar-refractivity contribution in [1.29, 1.82) is 0 Å². The fraction of sp³-hybridized carbons (Fsp3) is 0.500. The quantitative estimate of drug-likeness (QED) is 0.573. The maximum Gasteiger partial charge on any atom is 0.413 e. The van der Waals surface area contributed by atoms with Gasteiger partial charge in [0.1, 0.15) is 18.7 Å². The molecule has 2 aliphatic heterocycles. The van der Waals surface area contributed by atoms with Crippen molar-refractivity contribution >= 4 is 29.8 Å². The lowest BCUT2D eigenvalue weighted by atomic mass is 10.1. The number of hydrogen-bond donors (Lipinski definition) is 1. The Bertz CT molecular complexity index is 686. The van der Waals surface area contributed by atoms with Gasteiger partial charge in [0.05, 0.1) is 12.5 Å². The van der Waals surface area contributed by atoms with Crippen molar-refractivity contribution in [1.82, 2.24) is 10.2 Å². The molecule has 146 valence electrons. The van der Waals surface area contributed by atoms with E-state index >= 15 is 0 Å². The molecular formula is C18H22N2O6S. The number of hydrogen-bond acceptors (Lipinski definition) is 8. The Balaban J connectivity index is 1.49. The molecule has 3 atom stereocenters. The first-order chi connectivity index (χ1) is 13.1. The minimum Gasteiger partial charge on any atom is -0.468 e. The lowest BCUT2D eigenvalue weighted by Gasteiger charge is -2.21. The molecule has 0 bridgehead atoms. The summed E-state index contributed by atoms with van der Waals surface area (Å²) in [7, 11) is 1.36. The molecule has 0 aliphatic carbocycles. The molecule has 27 heavy (non-hydrogen) atoms. The van der Waals surface area contributed by atoms with Gasteiger partial charge in [-0.15, -0.1) is 11.8 Å². The van der Waals surface area contributed by atoms with Crippen LogP contribution in [0.4, 0.5) is 4.79 Å². The Labute approximate surface area is 161 Å². The second-order valence-electron chi connectivity index (χ2n) is 6.26. The standard InChI is InChI=1S/C18H22N2O6S/c1-24-16(21)13-10-27-15(19-13)8-7-14-17(22)26-11-20(14)18(23)25-9-12-5-3-2-4-6-12/h2-6,13-15,19H,7-11H2,1H3/t13-,14-,15+/m0/s1. The number of esters is 2. The molecule has 0 aromatic heterocycles. The van der Waals surface area contributed by atoms with Crippen LogP contribution in [0.3, 0.4) is 0 Å². The molecule has 1 aromatic rings. The SMILES string of the molecule is COC(=O)[C@@H]1CS[C@H](CC[C@H]2C(=O)OCN2C(=O)OCc2ccccc2)N1. The van der Waals surface area contributed by atoms with Crippen LogP contribution < -0.4 is 5.32 Å². The van der Waals surface area contributed by atoms with Gasteiger partial charge in [0.2, 0.25) is 0 Å². The minimum absolute atomic E-state index is 0.0182. The number of carbonyl (C=O) groups is 3. The van der Waals surface area contributed by atoms with E-state index in [2.05, 4.69) is 5.32 Å². The zero-order chi connectivity index (χ0) is 19.2. The van der Waals surface area contributed by atoms with Gasteiger partial charge >= 0.3 is 18.0 Å². The molecule has 2 saturated heterocycles. The fourth-order valence-electron chi connectivity index (χ4n) is 2.99. The smallest absolute Gasteiger partial charge is 0.413 e. The summed E-state index contributed by atoms with van der Waals surface area (Å²) in [5.41, 5.74) is 0.870. The van der Waals surface area contributed by atoms with Gasteiger partial charge in [-0.3, -0.25) is 15.0 Å². The molecule has 0 radical (unpaired) electrons. The summed E-state index contributed by atoms with van der Waals surface area (Å²) in [5.74, 6) is -0.106. The van der Waals surface area contributed by atoms with E-state index in [4.69, 9.17) is 14.2 Å². The maximum atomic E-state index is 12.3. The predicted molar refractivity (Wildman–Crippen MR) is 97.6 cm³/mol. The second-order valence-corrected chi connectivity index (χ2v) is 7.50. The number of thioether (sulfide) groups is 1. The van der Waals surface area contributed by atoms with Gasteiger partial charge in [0, 0.05) is 5.75 Å². The number of methoxy groups -OCH3 is 1. The molecule has 0 saturated carbocycles. The summed E-state index contributed by atoms with van der Waals surface area (Å²) in [6, 6.07) is 8.31. The zero-order valence-electron chi connectivity index (χ0n) is 15.0. The topological polar surface area (TPSA) is 94.2 Å². The molecule has 9 heteroatoms. The second kappa shape index (κ2) is 9.09. The predicted octanol–water partition coefficient (Wildman–Crippen LogP) is 1.49. The van der Waals surface area contributed by atoms with Gasteiger partial charge in [0.25, 0.3) is 0 Å². The minimum atomic E-state index is -0.673. The first-order valence-electron chi connectivity index (χ1n) is 8.68. The molecule has 2 aliphatic rings. The first-order valence-corrected chi connectivity index (χ1v) is 9.73. The largest absolute Gasteiger partial charge is 0.468 e. The molecule has 2 heterocycles. The molecule has 2 fully saturated rings. The summed E-state index contributed by atoms with van der Waals surface area (Å²) in [5, 5.41) is 3.19. The van der Waals surface area contributed by atoms with Crippen LogP contribution in [0, 0.1) is 0 Å². The summed E-state index contributed by atoms with van der Waals surface area (Å²) >= 11 is 1.60. The van der Waals surface area contributed by atoms with Crippen LogP contribution in [0.15, 0.2) is 30.3 Å². The molecule has 1 N–H and O–H groups in total. The van der Waals surface area contributed by atoms with E-state index in [1.54, 1.807) is 11.8 Å². The van der Waals surface area contributed by atoms with Crippen molar-refractivity contribution < 1.29 is 28.6 Å². The monoisotopic (exact) mass is 394 g/mol. The van der Waals surface area contributed by atoms with Crippen LogP contribution in [0.1, 0.15) is 18.4 Å². The van der Waals surface area contributed by atoms with E-state index in [0.29, 0.717) is 18.6 Å². The van der Waals surface area contributed by atoms with E-state index in [-0.39, 0.29) is 30.7 Å². The molecule has 8 nitrogen and oxygen atoms in total. The summed E-state index contributed by atoms with van der Waals surface area (Å²) in [6.07, 6.45) is 0.465. The van der Waals surface area contributed by atoms with Gasteiger partial charge in [-0.2, -0.15) is 0 Å². The van der Waals surface area contributed by atoms with Crippen LogP contribution in [-0.4, -0.2) is 60.0 Å². The number of nitrogens with zero attached hydrogens (tertiary/aromatic N) is 1. The van der Waals surface area contributed by atoms with Gasteiger partial charge < -0.3 is 14.2 Å². The summed E-state index contributed by atoms with van der Waals surface area (Å²) in [4.78, 5) is 37.2. The van der Waals surface area contributed by atoms with Gasteiger partial charge in [0.15, 0.2) is 6.73 Å². The van der Waals surface area contributed by atoms with Crippen molar-refractivity contribution in [2.24, 2.45) is 0 Å². The third-order valence-electron chi connectivity index (χ3n) is 4.47. The molecule has 3 rings (SSSR count). The van der Waals surface area contributed by atoms with E-state index in [9.17, 15) is 14.4 Å². The van der Waals surface area contributed by atoms with Crippen molar-refractivity contribution in [2.45, 2.75) is 36.9 Å². The normalized spacial score (nSPS) is 24.6. The van der Waals surface area contributed by atoms with E-state index in [1.165, 1.54) is 12.0 Å². The molecular weight excluding hydrogens is 372 g/mol. The van der Waals surface area contributed by atoms with Crippen molar-refractivity contribution in [2.75, 3.05) is 19.6 Å². The van der Waals surface area contributed by atoms with Crippen molar-refractivity contribution in [3.8, 4) is 0 Å². The fourth-order valence-corrected chi connectivity index (χ4v) is 4.21. The highest BCUT2D eigenvalue weighted by Gasteiger charge is 2.40. The third-order valence-corrected chi connectivity index (χ3v) is 5.77. The van der Waals surface area contributed by atoms with E-state index in [0.717, 1.165) is 5.56 Å². The number of amides is 1. The molecule has 0 spiro atoms. The lowest BCUT2D eigenvalue weighted by Crippen LogP contribution is -2.40. The average Bonchev–Trinajstić information content (AvgIpc) is 3.31. The zero-order valence-corrected chi connectivity index (χ0v) is 15.8. The number of cyclic esters (lactones) is 1. The van der Waals surface area contributed by atoms with E-state index < -0.39 is 18.1 Å². The Hall–Kier alpha value is -2.26. The van der Waals surface area contributed by atoms with Crippen LogP contribution in [0.25, 0.3) is 0 Å². The van der Waals surface area contributed by atoms with Gasteiger partial charge in [-0.1, -0.05) is 30.3 Å². The Morgan fingerprint density at radius 1 is 1.30 bits per heavy atom. The van der Waals surface area contributed by atoms with E-state index in [1.807, 2.05) is 30.3 Å². The van der Waals surface area contributed by atoms with Crippen LogP contribution in [-0.2, 0) is 30.4 Å². The summed E-state index contributed by atoms with van der Waals surface area (Å²) < 4.78 is 15.1.